The van der Waals surface area contributed by atoms with E-state index in [0.717, 1.165) is 29.9 Å². The van der Waals surface area contributed by atoms with Crippen LogP contribution in [0.1, 0.15) is 64.0 Å². The second-order valence-corrected chi connectivity index (χ2v) is 7.82. The van der Waals surface area contributed by atoms with Crippen molar-refractivity contribution in [1.29, 1.82) is 0 Å². The fourth-order valence-corrected chi connectivity index (χ4v) is 4.31. The highest BCUT2D eigenvalue weighted by Gasteiger charge is 2.54. The average molecular weight is 309 g/mol. The molecule has 1 heterocycles. The summed E-state index contributed by atoms with van der Waals surface area (Å²) in [5.41, 5.74) is 1.50. The Morgan fingerprint density at radius 2 is 2.04 bits per heavy atom. The summed E-state index contributed by atoms with van der Waals surface area (Å²) in [5.74, 6) is 1.22. The van der Waals surface area contributed by atoms with Crippen molar-refractivity contribution >= 4 is 5.78 Å². The number of hydrogen-bond donors (Lipinski definition) is 0. The molecule has 0 aromatic carbocycles. The van der Waals surface area contributed by atoms with Crippen LogP contribution in [-0.2, 0) is 16.6 Å². The number of fused-ring (bicyclic) bond motifs is 3. The number of rotatable bonds is 1. The molecule has 0 radical (unpaired) electrons. The molecule has 4 heteroatoms. The van der Waals surface area contributed by atoms with E-state index < -0.39 is 5.41 Å². The molecular weight excluding hydrogens is 286 g/mol. The number of ketones is 1. The van der Waals surface area contributed by atoms with Gasteiger partial charge in [0.15, 0.2) is 5.78 Å². The lowest BCUT2D eigenvalue weighted by Crippen LogP contribution is -2.51. The average Bonchev–Trinajstić information content (AvgIpc) is 2.50. The van der Waals surface area contributed by atoms with E-state index in [1.54, 1.807) is 0 Å². The lowest BCUT2D eigenvalue weighted by atomic mass is 9.53. The second kappa shape index (κ2) is 4.99. The summed E-state index contributed by atoms with van der Waals surface area (Å²) in [5, 5.41) is 0. The van der Waals surface area contributed by atoms with E-state index in [1.165, 1.54) is 0 Å². The SMILES string of the molecule is [C-]#[N+]C1=C[C@]2(C)c3nc(C(C)C)ncc3CCC2C(C)(C)C1=O. The molecule has 0 amide bonds. The predicted molar refractivity (Wildman–Crippen MR) is 88.8 cm³/mol. The highest BCUT2D eigenvalue weighted by Crippen LogP contribution is 2.54. The summed E-state index contributed by atoms with van der Waals surface area (Å²) in [6.45, 7) is 17.6. The first-order valence-corrected chi connectivity index (χ1v) is 8.23. The van der Waals surface area contributed by atoms with E-state index >= 15 is 0 Å². The van der Waals surface area contributed by atoms with Gasteiger partial charge in [0.25, 0.3) is 0 Å². The van der Waals surface area contributed by atoms with Crippen LogP contribution in [0.3, 0.4) is 0 Å². The molecule has 2 atom stereocenters. The summed E-state index contributed by atoms with van der Waals surface area (Å²) in [4.78, 5) is 25.5. The Morgan fingerprint density at radius 1 is 1.35 bits per heavy atom. The van der Waals surface area contributed by atoms with Gasteiger partial charge in [0, 0.05) is 22.9 Å². The lowest BCUT2D eigenvalue weighted by molar-refractivity contribution is -0.128. The molecule has 4 nitrogen and oxygen atoms in total. The topological polar surface area (TPSA) is 47.2 Å². The van der Waals surface area contributed by atoms with Gasteiger partial charge in [-0.05, 0) is 24.3 Å². The minimum Gasteiger partial charge on any atom is -0.307 e. The first-order chi connectivity index (χ1) is 10.7. The Morgan fingerprint density at radius 3 is 2.65 bits per heavy atom. The third kappa shape index (κ3) is 2.14. The molecule has 1 aromatic heterocycles. The minimum absolute atomic E-state index is 0.0310. The number of aryl methyl sites for hydroxylation is 1. The summed E-state index contributed by atoms with van der Waals surface area (Å²) in [6, 6.07) is 0. The molecule has 0 spiro atoms. The predicted octanol–water partition coefficient (Wildman–Crippen LogP) is 3.83. The Kier molecular flexibility index (Phi) is 3.44. The summed E-state index contributed by atoms with van der Waals surface area (Å²) in [7, 11) is 0. The highest BCUT2D eigenvalue weighted by atomic mass is 16.1. The molecule has 2 aliphatic rings. The third-order valence-corrected chi connectivity index (χ3v) is 5.58. The van der Waals surface area contributed by atoms with Crippen LogP contribution in [0.15, 0.2) is 18.0 Å². The molecular formula is C19H23N3O. The zero-order valence-corrected chi connectivity index (χ0v) is 14.5. The molecule has 0 N–H and O–H groups in total. The zero-order chi connectivity index (χ0) is 17.0. The normalized spacial score (nSPS) is 28.7. The number of nitrogens with zero attached hydrogens (tertiary/aromatic N) is 3. The fraction of sp³-hybridized carbons (Fsp3) is 0.579. The maximum atomic E-state index is 12.6. The number of Topliss-reactive ketones (excluding diaryl/α,β-unsaturated/α-hetero) is 1. The van der Waals surface area contributed by atoms with Gasteiger partial charge >= 0.3 is 0 Å². The first kappa shape index (κ1) is 15.9. The number of allylic oxidation sites excluding steroid dienone is 2. The Balaban J connectivity index is 2.26. The van der Waals surface area contributed by atoms with Crippen molar-refractivity contribution in [3.63, 3.8) is 0 Å². The lowest BCUT2D eigenvalue weighted by Gasteiger charge is -2.50. The molecule has 120 valence electrons. The number of aromatic nitrogens is 2. The van der Waals surface area contributed by atoms with Gasteiger partial charge in [-0.3, -0.25) is 0 Å². The number of hydrogen-bond acceptors (Lipinski definition) is 3. The van der Waals surface area contributed by atoms with Crippen LogP contribution in [0.2, 0.25) is 0 Å². The van der Waals surface area contributed by atoms with Gasteiger partial charge in [-0.2, -0.15) is 0 Å². The molecule has 0 bridgehead atoms. The second-order valence-electron chi connectivity index (χ2n) is 7.82. The molecule has 3 rings (SSSR count). The summed E-state index contributed by atoms with van der Waals surface area (Å²) < 4.78 is 0. The van der Waals surface area contributed by atoms with E-state index in [4.69, 9.17) is 11.6 Å². The van der Waals surface area contributed by atoms with Gasteiger partial charge in [-0.25, -0.2) is 14.8 Å². The van der Waals surface area contributed by atoms with Crippen LogP contribution >= 0.6 is 0 Å². The van der Waals surface area contributed by atoms with E-state index in [-0.39, 0.29) is 28.7 Å². The van der Waals surface area contributed by atoms with Crippen LogP contribution in [-0.4, -0.2) is 15.8 Å². The highest BCUT2D eigenvalue weighted by molar-refractivity contribution is 6.02. The maximum absolute atomic E-state index is 12.6. The van der Waals surface area contributed by atoms with E-state index in [1.807, 2.05) is 26.1 Å². The smallest absolute Gasteiger partial charge is 0.226 e. The molecule has 1 unspecified atom stereocenters. The van der Waals surface area contributed by atoms with Gasteiger partial charge in [-0.15, -0.1) is 0 Å². The Hall–Kier alpha value is -2.02. The Bertz CT molecular complexity index is 754. The van der Waals surface area contributed by atoms with Crippen molar-refractivity contribution in [2.24, 2.45) is 11.3 Å². The van der Waals surface area contributed by atoms with Crippen molar-refractivity contribution in [2.75, 3.05) is 0 Å². The molecule has 23 heavy (non-hydrogen) atoms. The van der Waals surface area contributed by atoms with Crippen molar-refractivity contribution in [1.82, 2.24) is 9.97 Å². The molecule has 2 aliphatic carbocycles. The van der Waals surface area contributed by atoms with Crippen LogP contribution < -0.4 is 0 Å². The molecule has 0 saturated carbocycles. The molecule has 0 aliphatic heterocycles. The number of carbonyl (C=O) groups excluding carboxylic acids is 1. The largest absolute Gasteiger partial charge is 0.307 e. The zero-order valence-electron chi connectivity index (χ0n) is 14.5. The van der Waals surface area contributed by atoms with Crippen LogP contribution in [0.5, 0.6) is 0 Å². The number of carbonyl (C=O) groups is 1. The Labute approximate surface area is 137 Å². The minimum atomic E-state index is -0.538. The van der Waals surface area contributed by atoms with Crippen molar-refractivity contribution in [3.05, 3.63) is 46.5 Å². The van der Waals surface area contributed by atoms with Gasteiger partial charge in [-0.1, -0.05) is 40.7 Å². The van der Waals surface area contributed by atoms with E-state index in [9.17, 15) is 4.79 Å². The van der Waals surface area contributed by atoms with E-state index in [0.29, 0.717) is 0 Å². The summed E-state index contributed by atoms with van der Waals surface area (Å²) >= 11 is 0. The standard InChI is InChI=1S/C19H23N3O/c1-11(2)17-21-10-12-7-8-14-18(3,4)16(23)13(20-6)9-19(14,5)15(12)22-17/h9-11,14H,7-8H2,1-5H3/t14?,19-/m0/s1. The van der Waals surface area contributed by atoms with Gasteiger partial charge in [0.1, 0.15) is 5.82 Å². The molecule has 0 saturated heterocycles. The quantitative estimate of drug-likeness (QED) is 0.741. The monoisotopic (exact) mass is 309 g/mol. The summed E-state index contributed by atoms with van der Waals surface area (Å²) in [6.07, 6.45) is 5.63. The van der Waals surface area contributed by atoms with Crippen molar-refractivity contribution in [3.8, 4) is 0 Å². The first-order valence-electron chi connectivity index (χ1n) is 8.23. The van der Waals surface area contributed by atoms with Crippen LogP contribution in [0.4, 0.5) is 0 Å². The van der Waals surface area contributed by atoms with Crippen LogP contribution in [0, 0.1) is 17.9 Å². The molecule has 0 fully saturated rings. The van der Waals surface area contributed by atoms with Gasteiger partial charge < -0.3 is 4.79 Å². The van der Waals surface area contributed by atoms with Gasteiger partial charge in [0.05, 0.1) is 12.3 Å². The van der Waals surface area contributed by atoms with E-state index in [2.05, 4.69) is 30.6 Å². The fourth-order valence-electron chi connectivity index (χ4n) is 4.31. The maximum Gasteiger partial charge on any atom is 0.226 e. The van der Waals surface area contributed by atoms with Gasteiger partial charge in [0.2, 0.25) is 5.70 Å². The molecule has 1 aromatic rings. The van der Waals surface area contributed by atoms with Crippen molar-refractivity contribution in [2.45, 2.75) is 58.8 Å². The van der Waals surface area contributed by atoms with Crippen molar-refractivity contribution < 1.29 is 4.79 Å². The van der Waals surface area contributed by atoms with Crippen LogP contribution in [0.25, 0.3) is 4.85 Å². The third-order valence-electron chi connectivity index (χ3n) is 5.58.